The number of aromatic carboxylic acids is 1. The van der Waals surface area contributed by atoms with Gasteiger partial charge in [0.15, 0.2) is 0 Å². The van der Waals surface area contributed by atoms with Crippen LogP contribution >= 0.6 is 11.6 Å². The highest BCUT2D eigenvalue weighted by Gasteiger charge is 2.09. The summed E-state index contributed by atoms with van der Waals surface area (Å²) < 4.78 is 27.0. The molecule has 0 unspecified atom stereocenters. The van der Waals surface area contributed by atoms with Crippen LogP contribution in [0.5, 0.6) is 0 Å². The second kappa shape index (κ2) is 5.88. The van der Waals surface area contributed by atoms with Crippen molar-refractivity contribution in [3.63, 3.8) is 0 Å². The molecule has 0 fully saturated rings. The average molecular weight is 298 g/mol. The first-order valence-corrected chi connectivity index (χ1v) is 6.06. The first kappa shape index (κ1) is 14.3. The lowest BCUT2D eigenvalue weighted by atomic mass is 10.1. The number of nitrogens with one attached hydrogen (secondary N) is 1. The lowest BCUT2D eigenvalue weighted by Gasteiger charge is -2.09. The Balaban J connectivity index is 2.20. The van der Waals surface area contributed by atoms with E-state index in [4.69, 9.17) is 16.7 Å². The smallest absolute Gasteiger partial charge is 0.335 e. The van der Waals surface area contributed by atoms with E-state index >= 15 is 0 Å². The minimum absolute atomic E-state index is 0.0326. The van der Waals surface area contributed by atoms with Crippen molar-refractivity contribution >= 4 is 23.3 Å². The third kappa shape index (κ3) is 3.24. The standard InChI is InChI=1S/C14H10ClF2NO2/c15-10-2-4-12(17)13(6-10)18-7-9-5-8(14(19)20)1-3-11(9)16/h1-6,18H,7H2,(H,19,20). The maximum absolute atomic E-state index is 13.6. The number of carboxylic acid groups (broad SMARTS) is 1. The molecule has 0 saturated carbocycles. The molecule has 0 aromatic heterocycles. The molecule has 0 heterocycles. The fraction of sp³-hybridized carbons (Fsp3) is 0.0714. The van der Waals surface area contributed by atoms with E-state index in [2.05, 4.69) is 5.32 Å². The van der Waals surface area contributed by atoms with Crippen molar-refractivity contribution in [3.05, 3.63) is 64.2 Å². The summed E-state index contributed by atoms with van der Waals surface area (Å²) in [5.41, 5.74) is 0.219. The molecule has 2 rings (SSSR count). The van der Waals surface area contributed by atoms with Crippen LogP contribution in [0.1, 0.15) is 15.9 Å². The molecule has 0 aliphatic carbocycles. The maximum atomic E-state index is 13.6. The van der Waals surface area contributed by atoms with Crippen LogP contribution in [-0.2, 0) is 6.54 Å². The Hall–Kier alpha value is -2.14. The summed E-state index contributed by atoms with van der Waals surface area (Å²) in [5, 5.41) is 11.9. The summed E-state index contributed by atoms with van der Waals surface area (Å²) in [6.07, 6.45) is 0. The number of rotatable bonds is 4. The van der Waals surface area contributed by atoms with Crippen molar-refractivity contribution in [2.75, 3.05) is 5.32 Å². The molecule has 2 aromatic rings. The van der Waals surface area contributed by atoms with Gasteiger partial charge in [0.05, 0.1) is 11.3 Å². The van der Waals surface area contributed by atoms with Gasteiger partial charge in [0, 0.05) is 17.1 Å². The van der Waals surface area contributed by atoms with Crippen molar-refractivity contribution in [1.82, 2.24) is 0 Å². The van der Waals surface area contributed by atoms with Crippen LogP contribution in [0.3, 0.4) is 0 Å². The summed E-state index contributed by atoms with van der Waals surface area (Å²) >= 11 is 5.74. The Morgan fingerprint density at radius 3 is 2.55 bits per heavy atom. The van der Waals surface area contributed by atoms with Crippen molar-refractivity contribution in [3.8, 4) is 0 Å². The molecule has 0 spiro atoms. The van der Waals surface area contributed by atoms with Crippen LogP contribution in [0.25, 0.3) is 0 Å². The minimum atomic E-state index is -1.15. The molecule has 3 nitrogen and oxygen atoms in total. The monoisotopic (exact) mass is 297 g/mol. The molecule has 0 aliphatic heterocycles. The molecule has 0 atom stereocenters. The highest BCUT2D eigenvalue weighted by Crippen LogP contribution is 2.21. The average Bonchev–Trinajstić information content (AvgIpc) is 2.41. The zero-order chi connectivity index (χ0) is 14.7. The number of anilines is 1. The van der Waals surface area contributed by atoms with Crippen LogP contribution in [0.2, 0.25) is 5.02 Å². The lowest BCUT2D eigenvalue weighted by molar-refractivity contribution is 0.0696. The van der Waals surface area contributed by atoms with E-state index in [1.54, 1.807) is 0 Å². The summed E-state index contributed by atoms with van der Waals surface area (Å²) in [6.45, 7) is -0.0514. The van der Waals surface area contributed by atoms with Crippen molar-refractivity contribution in [2.24, 2.45) is 0 Å². The molecule has 2 aromatic carbocycles. The highest BCUT2D eigenvalue weighted by atomic mass is 35.5. The zero-order valence-electron chi connectivity index (χ0n) is 10.2. The maximum Gasteiger partial charge on any atom is 0.335 e. The summed E-state index contributed by atoms with van der Waals surface area (Å²) in [6, 6.07) is 7.39. The van der Waals surface area contributed by atoms with Crippen molar-refractivity contribution in [2.45, 2.75) is 6.54 Å². The quantitative estimate of drug-likeness (QED) is 0.899. The van der Waals surface area contributed by atoms with E-state index in [0.29, 0.717) is 5.02 Å². The van der Waals surface area contributed by atoms with E-state index in [1.807, 2.05) is 0 Å². The fourth-order valence-corrected chi connectivity index (χ4v) is 1.84. The van der Waals surface area contributed by atoms with Gasteiger partial charge in [0.25, 0.3) is 0 Å². The SMILES string of the molecule is O=C(O)c1ccc(F)c(CNc2cc(Cl)ccc2F)c1. The van der Waals surface area contributed by atoms with Crippen LogP contribution < -0.4 is 5.32 Å². The molecule has 0 bridgehead atoms. The van der Waals surface area contributed by atoms with Crippen LogP contribution in [0.15, 0.2) is 36.4 Å². The van der Waals surface area contributed by atoms with E-state index in [0.717, 1.165) is 6.07 Å². The van der Waals surface area contributed by atoms with E-state index in [1.165, 1.54) is 30.3 Å². The highest BCUT2D eigenvalue weighted by molar-refractivity contribution is 6.30. The van der Waals surface area contributed by atoms with Gasteiger partial charge in [0.1, 0.15) is 11.6 Å². The molecule has 0 radical (unpaired) electrons. The van der Waals surface area contributed by atoms with Crippen LogP contribution in [0.4, 0.5) is 14.5 Å². The Morgan fingerprint density at radius 1 is 1.15 bits per heavy atom. The van der Waals surface area contributed by atoms with Gasteiger partial charge in [-0.2, -0.15) is 0 Å². The van der Waals surface area contributed by atoms with Crippen LogP contribution in [-0.4, -0.2) is 11.1 Å². The fourth-order valence-electron chi connectivity index (χ4n) is 1.67. The molecule has 6 heteroatoms. The van der Waals surface area contributed by atoms with E-state index in [9.17, 15) is 13.6 Å². The van der Waals surface area contributed by atoms with Crippen LogP contribution in [0, 0.1) is 11.6 Å². The Kier molecular flexibility index (Phi) is 4.20. The minimum Gasteiger partial charge on any atom is -0.478 e. The van der Waals surface area contributed by atoms with Gasteiger partial charge in [-0.1, -0.05) is 11.6 Å². The molecular formula is C14H10ClF2NO2. The topological polar surface area (TPSA) is 49.3 Å². The summed E-state index contributed by atoms with van der Waals surface area (Å²) in [7, 11) is 0. The predicted octanol–water partition coefficient (Wildman–Crippen LogP) is 3.93. The Bertz CT molecular complexity index is 662. The number of halogens is 3. The second-order valence-electron chi connectivity index (χ2n) is 4.09. The number of hydrogen-bond acceptors (Lipinski definition) is 2. The summed E-state index contributed by atoms with van der Waals surface area (Å²) in [5.74, 6) is -2.24. The third-order valence-corrected chi connectivity index (χ3v) is 2.93. The molecule has 2 N–H and O–H groups in total. The molecule has 0 saturated heterocycles. The molecule has 0 amide bonds. The number of benzene rings is 2. The normalized spacial score (nSPS) is 10.3. The van der Waals surface area contributed by atoms with E-state index in [-0.39, 0.29) is 23.4 Å². The van der Waals surface area contributed by atoms with Gasteiger partial charge in [-0.3, -0.25) is 0 Å². The Labute approximate surface area is 118 Å². The predicted molar refractivity (Wildman–Crippen MR) is 72.1 cm³/mol. The lowest BCUT2D eigenvalue weighted by Crippen LogP contribution is -2.06. The molecule has 104 valence electrons. The number of carbonyl (C=O) groups is 1. The Morgan fingerprint density at radius 2 is 1.85 bits per heavy atom. The van der Waals surface area contributed by atoms with Gasteiger partial charge >= 0.3 is 5.97 Å². The van der Waals surface area contributed by atoms with Crippen molar-refractivity contribution in [1.29, 1.82) is 0 Å². The molecule has 0 aliphatic rings. The van der Waals surface area contributed by atoms with Gasteiger partial charge in [-0.05, 0) is 36.4 Å². The number of carboxylic acids is 1. The van der Waals surface area contributed by atoms with Crippen molar-refractivity contribution < 1.29 is 18.7 Å². The number of hydrogen-bond donors (Lipinski definition) is 2. The van der Waals surface area contributed by atoms with E-state index < -0.39 is 17.6 Å². The van der Waals surface area contributed by atoms with Gasteiger partial charge < -0.3 is 10.4 Å². The molecule has 20 heavy (non-hydrogen) atoms. The molecular weight excluding hydrogens is 288 g/mol. The first-order chi connectivity index (χ1) is 9.47. The first-order valence-electron chi connectivity index (χ1n) is 5.68. The van der Waals surface area contributed by atoms with Gasteiger partial charge in [-0.15, -0.1) is 0 Å². The second-order valence-corrected chi connectivity index (χ2v) is 4.53. The third-order valence-electron chi connectivity index (χ3n) is 2.69. The summed E-state index contributed by atoms with van der Waals surface area (Å²) in [4.78, 5) is 10.8. The zero-order valence-corrected chi connectivity index (χ0v) is 10.9. The largest absolute Gasteiger partial charge is 0.478 e. The van der Waals surface area contributed by atoms with Gasteiger partial charge in [0.2, 0.25) is 0 Å². The van der Waals surface area contributed by atoms with Gasteiger partial charge in [-0.25, -0.2) is 13.6 Å².